The van der Waals surface area contributed by atoms with Crippen LogP contribution in [0.25, 0.3) is 0 Å². The number of thiazole rings is 1. The average molecular weight is 309 g/mol. The zero-order valence-electron chi connectivity index (χ0n) is 11.7. The van der Waals surface area contributed by atoms with E-state index in [0.717, 1.165) is 22.4 Å². The molecule has 0 aliphatic rings. The third-order valence-electron chi connectivity index (χ3n) is 3.03. The first kappa shape index (κ1) is 15.2. The lowest BCUT2D eigenvalue weighted by Gasteiger charge is -2.15. The molecular formula is C14H16FN3O2S. The van der Waals surface area contributed by atoms with Gasteiger partial charge >= 0.3 is 5.97 Å². The number of benzene rings is 1. The number of nitrogens with zero attached hydrogens (tertiary/aromatic N) is 1. The number of aryl methyl sites for hydroxylation is 1. The highest BCUT2D eigenvalue weighted by Crippen LogP contribution is 2.28. The van der Waals surface area contributed by atoms with E-state index in [4.69, 9.17) is 10.8 Å². The number of anilines is 2. The Kier molecular flexibility index (Phi) is 4.42. The number of aromatic nitrogens is 1. The van der Waals surface area contributed by atoms with Crippen molar-refractivity contribution in [1.82, 2.24) is 4.98 Å². The van der Waals surface area contributed by atoms with Crippen LogP contribution in [0.2, 0.25) is 0 Å². The molecule has 5 nitrogen and oxygen atoms in total. The number of nitrogens with two attached hydrogens (primary N) is 1. The van der Waals surface area contributed by atoms with Crippen LogP contribution in [-0.2, 0) is 6.42 Å². The van der Waals surface area contributed by atoms with Gasteiger partial charge in [0.05, 0.1) is 17.3 Å². The Morgan fingerprint density at radius 1 is 1.57 bits per heavy atom. The van der Waals surface area contributed by atoms with Crippen molar-refractivity contribution in [3.05, 3.63) is 39.6 Å². The number of carboxylic acid groups (broad SMARTS) is 1. The number of carbonyl (C=O) groups is 1. The summed E-state index contributed by atoms with van der Waals surface area (Å²) in [5.41, 5.74) is 5.37. The van der Waals surface area contributed by atoms with E-state index in [9.17, 15) is 9.18 Å². The normalized spacial score (nSPS) is 12.1. The minimum Gasteiger partial charge on any atom is -0.478 e. The second-order valence-electron chi connectivity index (χ2n) is 4.61. The van der Waals surface area contributed by atoms with E-state index in [1.54, 1.807) is 17.5 Å². The number of nitrogens with one attached hydrogen (secondary N) is 1. The summed E-state index contributed by atoms with van der Waals surface area (Å²) in [7, 11) is 0. The summed E-state index contributed by atoms with van der Waals surface area (Å²) in [5, 5.41) is 12.8. The van der Waals surface area contributed by atoms with Crippen molar-refractivity contribution in [2.75, 3.05) is 11.1 Å². The van der Waals surface area contributed by atoms with E-state index in [1.165, 1.54) is 6.07 Å². The van der Waals surface area contributed by atoms with E-state index in [-0.39, 0.29) is 23.0 Å². The molecule has 2 aromatic rings. The van der Waals surface area contributed by atoms with Gasteiger partial charge in [-0.1, -0.05) is 6.92 Å². The summed E-state index contributed by atoms with van der Waals surface area (Å²) < 4.78 is 13.9. The molecular weight excluding hydrogens is 293 g/mol. The van der Waals surface area contributed by atoms with Crippen LogP contribution in [0.4, 0.5) is 15.8 Å². The fraction of sp³-hybridized carbons (Fsp3) is 0.286. The number of carboxylic acids is 1. The average Bonchev–Trinajstić information content (AvgIpc) is 2.90. The minimum absolute atomic E-state index is 0.0966. The molecule has 0 saturated heterocycles. The molecule has 21 heavy (non-hydrogen) atoms. The molecule has 0 aliphatic carbocycles. The predicted molar refractivity (Wildman–Crippen MR) is 81.3 cm³/mol. The first-order valence-corrected chi connectivity index (χ1v) is 7.27. The second kappa shape index (κ2) is 6.09. The van der Waals surface area contributed by atoms with Crippen molar-refractivity contribution >= 4 is 28.7 Å². The van der Waals surface area contributed by atoms with E-state index in [0.29, 0.717) is 0 Å². The molecule has 2 rings (SSSR count). The van der Waals surface area contributed by atoms with E-state index < -0.39 is 11.8 Å². The van der Waals surface area contributed by atoms with Crippen molar-refractivity contribution < 1.29 is 14.3 Å². The van der Waals surface area contributed by atoms with E-state index >= 15 is 0 Å². The van der Waals surface area contributed by atoms with Crippen molar-refractivity contribution in [2.24, 2.45) is 0 Å². The summed E-state index contributed by atoms with van der Waals surface area (Å²) in [4.78, 5) is 16.5. The quantitative estimate of drug-likeness (QED) is 0.738. The van der Waals surface area contributed by atoms with Gasteiger partial charge < -0.3 is 16.2 Å². The van der Waals surface area contributed by atoms with Crippen molar-refractivity contribution in [3.8, 4) is 0 Å². The lowest BCUT2D eigenvalue weighted by Crippen LogP contribution is -2.10. The summed E-state index contributed by atoms with van der Waals surface area (Å²) in [5.74, 6) is -1.78. The van der Waals surface area contributed by atoms with Gasteiger partial charge in [0.25, 0.3) is 0 Å². The van der Waals surface area contributed by atoms with Gasteiger partial charge in [-0.2, -0.15) is 0 Å². The maximum atomic E-state index is 13.9. The van der Waals surface area contributed by atoms with Gasteiger partial charge in [-0.15, -0.1) is 11.3 Å². The minimum atomic E-state index is -1.19. The number of nitrogen functional groups attached to an aromatic ring is 1. The smallest absolute Gasteiger partial charge is 0.337 e. The van der Waals surface area contributed by atoms with Gasteiger partial charge in [0, 0.05) is 16.8 Å². The number of hydrogen-bond donors (Lipinski definition) is 3. The zero-order chi connectivity index (χ0) is 15.6. The third-order valence-corrected chi connectivity index (χ3v) is 4.36. The largest absolute Gasteiger partial charge is 0.478 e. The van der Waals surface area contributed by atoms with Crippen LogP contribution in [-0.4, -0.2) is 16.1 Å². The fourth-order valence-electron chi connectivity index (χ4n) is 1.87. The Morgan fingerprint density at radius 2 is 2.29 bits per heavy atom. The lowest BCUT2D eigenvalue weighted by molar-refractivity contribution is 0.0698. The van der Waals surface area contributed by atoms with Crippen LogP contribution in [0.15, 0.2) is 18.3 Å². The van der Waals surface area contributed by atoms with Crippen molar-refractivity contribution in [3.63, 3.8) is 0 Å². The summed E-state index contributed by atoms with van der Waals surface area (Å²) >= 11 is 1.54. The van der Waals surface area contributed by atoms with E-state index in [2.05, 4.69) is 10.3 Å². The van der Waals surface area contributed by atoms with Gasteiger partial charge in [0.15, 0.2) is 0 Å². The van der Waals surface area contributed by atoms with Crippen LogP contribution < -0.4 is 11.1 Å². The number of halogens is 1. The highest BCUT2D eigenvalue weighted by atomic mass is 32.1. The van der Waals surface area contributed by atoms with Gasteiger partial charge in [0.1, 0.15) is 10.8 Å². The maximum Gasteiger partial charge on any atom is 0.337 e. The molecule has 112 valence electrons. The van der Waals surface area contributed by atoms with Crippen LogP contribution >= 0.6 is 11.3 Å². The third kappa shape index (κ3) is 3.30. The topological polar surface area (TPSA) is 88.2 Å². The molecule has 0 spiro atoms. The van der Waals surface area contributed by atoms with Gasteiger partial charge in [-0.05, 0) is 25.5 Å². The molecule has 0 saturated carbocycles. The predicted octanol–water partition coefficient (Wildman–Crippen LogP) is 3.30. The monoisotopic (exact) mass is 309 g/mol. The Balaban J connectivity index is 2.26. The number of rotatable bonds is 5. The molecule has 1 unspecified atom stereocenters. The molecule has 0 bridgehead atoms. The Hall–Kier alpha value is -2.15. The Morgan fingerprint density at radius 3 is 2.86 bits per heavy atom. The fourth-order valence-corrected chi connectivity index (χ4v) is 2.73. The van der Waals surface area contributed by atoms with Crippen molar-refractivity contribution in [1.29, 1.82) is 0 Å². The standard InChI is InChI=1S/C14H16FN3O2S/c1-3-8-6-17-13(21-8)7(2)18-12-4-9(14(19)20)11(16)5-10(12)15/h4-7,18H,3,16H2,1-2H3,(H,19,20). The van der Waals surface area contributed by atoms with Crippen LogP contribution in [0, 0.1) is 5.82 Å². The number of hydrogen-bond acceptors (Lipinski definition) is 5. The SMILES string of the molecule is CCc1cnc(C(C)Nc2cc(C(=O)O)c(N)cc2F)s1. The zero-order valence-corrected chi connectivity index (χ0v) is 12.5. The van der Waals surface area contributed by atoms with Crippen molar-refractivity contribution in [2.45, 2.75) is 26.3 Å². The molecule has 7 heteroatoms. The van der Waals surface area contributed by atoms with Crippen LogP contribution in [0.3, 0.4) is 0 Å². The molecule has 0 fully saturated rings. The number of aromatic carboxylic acids is 1. The van der Waals surface area contributed by atoms with Crippen LogP contribution in [0.1, 0.15) is 40.1 Å². The maximum absolute atomic E-state index is 13.9. The van der Waals surface area contributed by atoms with Gasteiger partial charge in [-0.25, -0.2) is 14.2 Å². The highest BCUT2D eigenvalue weighted by molar-refractivity contribution is 7.11. The summed E-state index contributed by atoms with van der Waals surface area (Å²) in [6, 6.07) is 1.99. The molecule has 0 amide bonds. The second-order valence-corrected chi connectivity index (χ2v) is 5.76. The van der Waals surface area contributed by atoms with Gasteiger partial charge in [-0.3, -0.25) is 0 Å². The molecule has 0 aliphatic heterocycles. The molecule has 1 aromatic heterocycles. The molecule has 4 N–H and O–H groups in total. The molecule has 1 aromatic carbocycles. The lowest BCUT2D eigenvalue weighted by atomic mass is 10.1. The summed E-state index contributed by atoms with van der Waals surface area (Å²) in [6.07, 6.45) is 2.68. The molecule has 1 atom stereocenters. The van der Waals surface area contributed by atoms with Crippen LogP contribution in [0.5, 0.6) is 0 Å². The van der Waals surface area contributed by atoms with Gasteiger partial charge in [0.2, 0.25) is 0 Å². The highest BCUT2D eigenvalue weighted by Gasteiger charge is 2.16. The first-order valence-electron chi connectivity index (χ1n) is 6.45. The first-order chi connectivity index (χ1) is 9.92. The molecule has 1 heterocycles. The summed E-state index contributed by atoms with van der Waals surface area (Å²) in [6.45, 7) is 3.88. The Labute approximate surface area is 125 Å². The Bertz CT molecular complexity index is 672. The molecule has 0 radical (unpaired) electrons. The van der Waals surface area contributed by atoms with E-state index in [1.807, 2.05) is 13.8 Å².